The molecule has 2 atom stereocenters. The van der Waals surface area contributed by atoms with Gasteiger partial charge in [0.1, 0.15) is 0 Å². The lowest BCUT2D eigenvalue weighted by Crippen LogP contribution is -2.37. The zero-order valence-corrected chi connectivity index (χ0v) is 13.0. The number of nitrogens with zero attached hydrogens (tertiary/aromatic N) is 2. The quantitative estimate of drug-likeness (QED) is 0.927. The second-order valence-electron chi connectivity index (χ2n) is 6.36. The molecule has 3 rings (SSSR count). The minimum atomic E-state index is -0.394. The predicted molar refractivity (Wildman–Crippen MR) is 86.8 cm³/mol. The number of benzene rings is 1. The average Bonchev–Trinajstić information content (AvgIpc) is 2.90. The second kappa shape index (κ2) is 5.99. The third-order valence-electron chi connectivity index (χ3n) is 4.82. The van der Waals surface area contributed by atoms with Gasteiger partial charge in [-0.25, -0.2) is 0 Å². The highest BCUT2D eigenvalue weighted by Crippen LogP contribution is 2.29. The van der Waals surface area contributed by atoms with E-state index in [4.69, 9.17) is 5.73 Å². The lowest BCUT2D eigenvalue weighted by atomic mass is 10.0. The number of carbonyl (C=O) groups excluding carboxylic acids is 2. The first-order chi connectivity index (χ1) is 10.6. The second-order valence-corrected chi connectivity index (χ2v) is 6.36. The van der Waals surface area contributed by atoms with E-state index in [2.05, 4.69) is 24.0 Å². The van der Waals surface area contributed by atoms with Crippen LogP contribution in [0.5, 0.6) is 0 Å². The molecule has 0 saturated carbocycles. The fourth-order valence-corrected chi connectivity index (χ4v) is 3.45. The molecule has 2 amide bonds. The smallest absolute Gasteiger partial charge is 0.227 e. The van der Waals surface area contributed by atoms with Crippen LogP contribution < -0.4 is 15.5 Å². The van der Waals surface area contributed by atoms with Crippen molar-refractivity contribution in [2.75, 3.05) is 22.9 Å². The molecule has 2 aliphatic rings. The summed E-state index contributed by atoms with van der Waals surface area (Å²) >= 11 is 0. The summed E-state index contributed by atoms with van der Waals surface area (Å²) in [4.78, 5) is 27.4. The minimum absolute atomic E-state index is 0.0251. The van der Waals surface area contributed by atoms with Gasteiger partial charge in [0.05, 0.1) is 5.92 Å². The fraction of sp³-hybridized carbons (Fsp3) is 0.529. The van der Waals surface area contributed by atoms with Gasteiger partial charge < -0.3 is 15.5 Å². The van der Waals surface area contributed by atoms with Crippen molar-refractivity contribution in [2.24, 2.45) is 11.7 Å². The molecule has 5 heteroatoms. The number of rotatable bonds is 3. The molecule has 0 radical (unpaired) electrons. The van der Waals surface area contributed by atoms with E-state index in [1.807, 2.05) is 12.1 Å². The highest BCUT2D eigenvalue weighted by molar-refractivity contribution is 6.00. The van der Waals surface area contributed by atoms with E-state index < -0.39 is 5.91 Å². The number of anilines is 2. The molecule has 1 aromatic carbocycles. The average molecular weight is 301 g/mol. The molecule has 0 aliphatic carbocycles. The summed E-state index contributed by atoms with van der Waals surface area (Å²) in [5.74, 6) is -0.785. The van der Waals surface area contributed by atoms with E-state index >= 15 is 0 Å². The van der Waals surface area contributed by atoms with Crippen LogP contribution in [-0.4, -0.2) is 30.9 Å². The van der Waals surface area contributed by atoms with E-state index in [1.54, 1.807) is 4.90 Å². The SMILES string of the molecule is C[C@H]1CCCCN1c1ccc(N2C[C@@H](C(N)=O)CC2=O)cc1. The molecule has 0 spiro atoms. The normalized spacial score (nSPS) is 25.6. The van der Waals surface area contributed by atoms with Gasteiger partial charge in [-0.3, -0.25) is 9.59 Å². The molecular weight excluding hydrogens is 278 g/mol. The number of amides is 2. The monoisotopic (exact) mass is 301 g/mol. The van der Waals surface area contributed by atoms with Crippen LogP contribution in [0.25, 0.3) is 0 Å². The molecule has 2 saturated heterocycles. The lowest BCUT2D eigenvalue weighted by Gasteiger charge is -2.35. The highest BCUT2D eigenvalue weighted by Gasteiger charge is 2.33. The number of primary amides is 1. The molecule has 22 heavy (non-hydrogen) atoms. The Morgan fingerprint density at radius 1 is 1.18 bits per heavy atom. The van der Waals surface area contributed by atoms with Crippen LogP contribution in [0.15, 0.2) is 24.3 Å². The van der Waals surface area contributed by atoms with Gasteiger partial charge in [0, 0.05) is 36.9 Å². The Balaban J connectivity index is 1.74. The van der Waals surface area contributed by atoms with Crippen LogP contribution in [0.3, 0.4) is 0 Å². The van der Waals surface area contributed by atoms with Crippen molar-refractivity contribution >= 4 is 23.2 Å². The van der Waals surface area contributed by atoms with Crippen molar-refractivity contribution in [3.63, 3.8) is 0 Å². The van der Waals surface area contributed by atoms with Crippen LogP contribution in [0.4, 0.5) is 11.4 Å². The molecule has 2 fully saturated rings. The van der Waals surface area contributed by atoms with Gasteiger partial charge in [-0.2, -0.15) is 0 Å². The summed E-state index contributed by atoms with van der Waals surface area (Å²) in [7, 11) is 0. The maximum atomic E-state index is 12.0. The number of nitrogens with two attached hydrogens (primary N) is 1. The summed E-state index contributed by atoms with van der Waals surface area (Å²) in [6.07, 6.45) is 3.98. The molecule has 0 aromatic heterocycles. The molecule has 0 unspecified atom stereocenters. The van der Waals surface area contributed by atoms with Crippen LogP contribution in [0, 0.1) is 5.92 Å². The summed E-state index contributed by atoms with van der Waals surface area (Å²) in [6, 6.07) is 8.65. The molecule has 0 bridgehead atoms. The summed E-state index contributed by atoms with van der Waals surface area (Å²) in [5, 5.41) is 0. The van der Waals surface area contributed by atoms with Crippen LogP contribution in [0.1, 0.15) is 32.6 Å². The van der Waals surface area contributed by atoms with E-state index in [0.717, 1.165) is 12.2 Å². The van der Waals surface area contributed by atoms with Gasteiger partial charge in [-0.05, 0) is 50.5 Å². The van der Waals surface area contributed by atoms with Gasteiger partial charge in [0.25, 0.3) is 0 Å². The van der Waals surface area contributed by atoms with Crippen molar-refractivity contribution in [3.05, 3.63) is 24.3 Å². The van der Waals surface area contributed by atoms with Crippen molar-refractivity contribution in [2.45, 2.75) is 38.6 Å². The maximum absolute atomic E-state index is 12.0. The first kappa shape index (κ1) is 14.9. The van der Waals surface area contributed by atoms with Crippen molar-refractivity contribution < 1.29 is 9.59 Å². The Morgan fingerprint density at radius 3 is 2.45 bits per heavy atom. The van der Waals surface area contributed by atoms with Gasteiger partial charge in [0.15, 0.2) is 0 Å². The van der Waals surface area contributed by atoms with E-state index in [0.29, 0.717) is 12.6 Å². The van der Waals surface area contributed by atoms with E-state index in [1.165, 1.54) is 24.9 Å². The van der Waals surface area contributed by atoms with Gasteiger partial charge in [-0.15, -0.1) is 0 Å². The molecule has 2 N–H and O–H groups in total. The van der Waals surface area contributed by atoms with E-state index in [9.17, 15) is 9.59 Å². The van der Waals surface area contributed by atoms with Gasteiger partial charge in [0.2, 0.25) is 11.8 Å². The summed E-state index contributed by atoms with van der Waals surface area (Å²) in [5.41, 5.74) is 7.36. The zero-order valence-electron chi connectivity index (χ0n) is 13.0. The standard InChI is InChI=1S/C17H23N3O2/c1-12-4-2-3-9-19(12)14-5-7-15(8-6-14)20-11-13(17(18)22)10-16(20)21/h5-8,12-13H,2-4,9-11H2,1H3,(H2,18,22)/t12-,13-/m0/s1. The third-order valence-corrected chi connectivity index (χ3v) is 4.82. The highest BCUT2D eigenvalue weighted by atomic mass is 16.2. The predicted octanol–water partition coefficient (Wildman–Crippen LogP) is 1.90. The molecule has 118 valence electrons. The van der Waals surface area contributed by atoms with Gasteiger partial charge in [-0.1, -0.05) is 0 Å². The van der Waals surface area contributed by atoms with Crippen molar-refractivity contribution in [1.29, 1.82) is 0 Å². The summed E-state index contributed by atoms with van der Waals surface area (Å²) in [6.45, 7) is 3.75. The molecule has 2 aliphatic heterocycles. The topological polar surface area (TPSA) is 66.6 Å². The number of hydrogen-bond acceptors (Lipinski definition) is 3. The van der Waals surface area contributed by atoms with Gasteiger partial charge >= 0.3 is 0 Å². The van der Waals surface area contributed by atoms with E-state index in [-0.39, 0.29) is 18.2 Å². The van der Waals surface area contributed by atoms with Crippen LogP contribution in [-0.2, 0) is 9.59 Å². The van der Waals surface area contributed by atoms with Crippen molar-refractivity contribution in [1.82, 2.24) is 0 Å². The number of carbonyl (C=O) groups is 2. The Kier molecular flexibility index (Phi) is 4.05. The van der Waals surface area contributed by atoms with Crippen LogP contribution in [0.2, 0.25) is 0 Å². The summed E-state index contributed by atoms with van der Waals surface area (Å²) < 4.78 is 0. The Bertz CT molecular complexity index is 570. The largest absolute Gasteiger partial charge is 0.369 e. The Hall–Kier alpha value is -2.04. The minimum Gasteiger partial charge on any atom is -0.369 e. The Labute approximate surface area is 131 Å². The number of piperidine rings is 1. The molecule has 5 nitrogen and oxygen atoms in total. The Morgan fingerprint density at radius 2 is 1.86 bits per heavy atom. The molecule has 2 heterocycles. The maximum Gasteiger partial charge on any atom is 0.227 e. The first-order valence-corrected chi connectivity index (χ1v) is 8.02. The third kappa shape index (κ3) is 2.80. The van der Waals surface area contributed by atoms with Crippen LogP contribution >= 0.6 is 0 Å². The fourth-order valence-electron chi connectivity index (χ4n) is 3.45. The zero-order chi connectivity index (χ0) is 15.7. The number of hydrogen-bond donors (Lipinski definition) is 1. The van der Waals surface area contributed by atoms with Crippen molar-refractivity contribution in [3.8, 4) is 0 Å². The molecule has 1 aromatic rings. The first-order valence-electron chi connectivity index (χ1n) is 8.02. The lowest BCUT2D eigenvalue weighted by molar-refractivity contribution is -0.123. The molecular formula is C17H23N3O2.